The summed E-state index contributed by atoms with van der Waals surface area (Å²) in [6.45, 7) is -2.83. The SMILES string of the molecule is O=C(CC1CCSCC1)c1ccc(OC(F)F)cc1. The Morgan fingerprint density at radius 2 is 1.89 bits per heavy atom. The van der Waals surface area contributed by atoms with Crippen molar-refractivity contribution in [1.82, 2.24) is 0 Å². The van der Waals surface area contributed by atoms with Gasteiger partial charge in [0, 0.05) is 12.0 Å². The molecule has 1 aromatic rings. The third kappa shape index (κ3) is 4.49. The van der Waals surface area contributed by atoms with Crippen LogP contribution >= 0.6 is 11.8 Å². The van der Waals surface area contributed by atoms with E-state index in [1.165, 1.54) is 12.1 Å². The summed E-state index contributed by atoms with van der Waals surface area (Å²) in [5.41, 5.74) is 0.569. The Labute approximate surface area is 115 Å². The van der Waals surface area contributed by atoms with Gasteiger partial charge in [-0.2, -0.15) is 20.5 Å². The van der Waals surface area contributed by atoms with Gasteiger partial charge >= 0.3 is 6.61 Å². The highest BCUT2D eigenvalue weighted by Gasteiger charge is 2.18. The van der Waals surface area contributed by atoms with Gasteiger partial charge in [-0.3, -0.25) is 4.79 Å². The highest BCUT2D eigenvalue weighted by molar-refractivity contribution is 7.99. The first-order valence-corrected chi connectivity index (χ1v) is 7.46. The van der Waals surface area contributed by atoms with E-state index in [-0.39, 0.29) is 11.5 Å². The summed E-state index contributed by atoms with van der Waals surface area (Å²) in [5, 5.41) is 0. The molecular formula is C14H16F2O2S. The predicted molar refractivity (Wildman–Crippen MR) is 72.1 cm³/mol. The summed E-state index contributed by atoms with van der Waals surface area (Å²) >= 11 is 1.93. The van der Waals surface area contributed by atoms with Crippen LogP contribution < -0.4 is 4.74 Å². The van der Waals surface area contributed by atoms with Gasteiger partial charge < -0.3 is 4.74 Å². The molecular weight excluding hydrogens is 270 g/mol. The van der Waals surface area contributed by atoms with Crippen LogP contribution in [-0.2, 0) is 0 Å². The maximum Gasteiger partial charge on any atom is 0.387 e. The lowest BCUT2D eigenvalue weighted by Gasteiger charge is -2.20. The van der Waals surface area contributed by atoms with E-state index < -0.39 is 6.61 Å². The zero-order chi connectivity index (χ0) is 13.7. The molecule has 2 rings (SSSR count). The molecule has 19 heavy (non-hydrogen) atoms. The lowest BCUT2D eigenvalue weighted by Crippen LogP contribution is -2.14. The molecule has 5 heteroatoms. The summed E-state index contributed by atoms with van der Waals surface area (Å²) in [6.07, 6.45) is 2.72. The number of halogens is 2. The van der Waals surface area contributed by atoms with Crippen molar-refractivity contribution in [1.29, 1.82) is 0 Å². The van der Waals surface area contributed by atoms with Crippen LogP contribution in [0.5, 0.6) is 5.75 Å². The summed E-state index contributed by atoms with van der Waals surface area (Å²) in [4.78, 5) is 12.1. The largest absolute Gasteiger partial charge is 0.435 e. The van der Waals surface area contributed by atoms with Crippen LogP contribution in [0, 0.1) is 5.92 Å². The number of rotatable bonds is 5. The molecule has 0 bridgehead atoms. The predicted octanol–water partition coefficient (Wildman–Crippen LogP) is 4.00. The number of carbonyl (C=O) groups is 1. The molecule has 1 aliphatic heterocycles. The first-order chi connectivity index (χ1) is 9.15. The van der Waals surface area contributed by atoms with Gasteiger partial charge in [0.2, 0.25) is 0 Å². The van der Waals surface area contributed by atoms with Gasteiger partial charge in [0.25, 0.3) is 0 Å². The second-order valence-corrected chi connectivity index (χ2v) is 5.81. The number of hydrogen-bond donors (Lipinski definition) is 0. The van der Waals surface area contributed by atoms with Crippen molar-refractivity contribution in [3.63, 3.8) is 0 Å². The van der Waals surface area contributed by atoms with Gasteiger partial charge in [0.15, 0.2) is 5.78 Å². The van der Waals surface area contributed by atoms with Gasteiger partial charge in [0.1, 0.15) is 5.75 Å². The fourth-order valence-electron chi connectivity index (χ4n) is 2.15. The van der Waals surface area contributed by atoms with Crippen molar-refractivity contribution >= 4 is 17.5 Å². The Morgan fingerprint density at radius 1 is 1.26 bits per heavy atom. The van der Waals surface area contributed by atoms with Gasteiger partial charge in [-0.05, 0) is 54.5 Å². The number of Topliss-reactive ketones (excluding diaryl/α,β-unsaturated/α-hetero) is 1. The minimum Gasteiger partial charge on any atom is -0.435 e. The number of alkyl halides is 2. The van der Waals surface area contributed by atoms with E-state index >= 15 is 0 Å². The monoisotopic (exact) mass is 286 g/mol. The minimum atomic E-state index is -2.83. The summed E-state index contributed by atoms with van der Waals surface area (Å²) < 4.78 is 28.2. The molecule has 2 nitrogen and oxygen atoms in total. The average molecular weight is 286 g/mol. The Balaban J connectivity index is 1.91. The molecule has 0 saturated carbocycles. The molecule has 0 aromatic heterocycles. The van der Waals surface area contributed by atoms with Crippen LogP contribution in [0.15, 0.2) is 24.3 Å². The number of ketones is 1. The maximum absolute atomic E-state index is 12.1. The first-order valence-electron chi connectivity index (χ1n) is 6.31. The Bertz CT molecular complexity index is 414. The minimum absolute atomic E-state index is 0.0838. The fourth-order valence-corrected chi connectivity index (χ4v) is 3.36. The Hall–Kier alpha value is -1.10. The van der Waals surface area contributed by atoms with E-state index in [9.17, 15) is 13.6 Å². The molecule has 104 valence electrons. The van der Waals surface area contributed by atoms with Crippen molar-refractivity contribution in [2.45, 2.75) is 25.9 Å². The molecule has 1 saturated heterocycles. The van der Waals surface area contributed by atoms with Crippen LogP contribution in [0.25, 0.3) is 0 Å². The molecule has 0 spiro atoms. The van der Waals surface area contributed by atoms with Crippen LogP contribution in [0.3, 0.4) is 0 Å². The van der Waals surface area contributed by atoms with Gasteiger partial charge in [-0.1, -0.05) is 0 Å². The molecule has 1 fully saturated rings. The number of carbonyl (C=O) groups excluding carboxylic acids is 1. The van der Waals surface area contributed by atoms with Gasteiger partial charge in [-0.15, -0.1) is 0 Å². The van der Waals surface area contributed by atoms with Crippen LogP contribution in [0.1, 0.15) is 29.6 Å². The topological polar surface area (TPSA) is 26.3 Å². The molecule has 0 aliphatic carbocycles. The lowest BCUT2D eigenvalue weighted by atomic mass is 9.93. The smallest absolute Gasteiger partial charge is 0.387 e. The zero-order valence-electron chi connectivity index (χ0n) is 10.5. The van der Waals surface area contributed by atoms with E-state index in [0.717, 1.165) is 24.3 Å². The summed E-state index contributed by atoms with van der Waals surface area (Å²) in [6, 6.07) is 5.93. The average Bonchev–Trinajstić information content (AvgIpc) is 2.40. The van der Waals surface area contributed by atoms with Crippen molar-refractivity contribution in [3.8, 4) is 5.75 Å². The van der Waals surface area contributed by atoms with E-state index in [1.54, 1.807) is 12.1 Å². The zero-order valence-corrected chi connectivity index (χ0v) is 11.3. The number of ether oxygens (including phenoxy) is 1. The highest BCUT2D eigenvalue weighted by atomic mass is 32.2. The Kier molecular flexibility index (Phi) is 5.19. The van der Waals surface area contributed by atoms with Crippen molar-refractivity contribution in [2.24, 2.45) is 5.92 Å². The van der Waals surface area contributed by atoms with Gasteiger partial charge in [0.05, 0.1) is 0 Å². The quantitative estimate of drug-likeness (QED) is 0.765. The molecule has 1 aromatic carbocycles. The number of benzene rings is 1. The summed E-state index contributed by atoms with van der Waals surface area (Å²) in [7, 11) is 0. The van der Waals surface area contributed by atoms with Crippen LogP contribution in [-0.4, -0.2) is 23.9 Å². The van der Waals surface area contributed by atoms with Crippen LogP contribution in [0.2, 0.25) is 0 Å². The van der Waals surface area contributed by atoms with Crippen LogP contribution in [0.4, 0.5) is 8.78 Å². The normalized spacial score (nSPS) is 16.6. The highest BCUT2D eigenvalue weighted by Crippen LogP contribution is 2.27. The second-order valence-electron chi connectivity index (χ2n) is 4.59. The first kappa shape index (κ1) is 14.3. The number of thioether (sulfide) groups is 1. The van der Waals surface area contributed by atoms with E-state index in [1.807, 2.05) is 11.8 Å². The summed E-state index contributed by atoms with van der Waals surface area (Å²) in [5.74, 6) is 2.88. The third-order valence-electron chi connectivity index (χ3n) is 3.22. The molecule has 1 aliphatic rings. The molecule has 0 radical (unpaired) electrons. The Morgan fingerprint density at radius 3 is 2.47 bits per heavy atom. The third-order valence-corrected chi connectivity index (χ3v) is 4.27. The van der Waals surface area contributed by atoms with E-state index in [2.05, 4.69) is 4.74 Å². The van der Waals surface area contributed by atoms with E-state index in [0.29, 0.717) is 17.9 Å². The molecule has 0 unspecified atom stereocenters. The standard InChI is InChI=1S/C14H16F2O2S/c15-14(16)18-12-3-1-11(2-4-12)13(17)9-10-5-7-19-8-6-10/h1-4,10,14H,5-9H2. The molecule has 0 amide bonds. The lowest BCUT2D eigenvalue weighted by molar-refractivity contribution is -0.0498. The van der Waals surface area contributed by atoms with Crippen molar-refractivity contribution in [3.05, 3.63) is 29.8 Å². The molecule has 0 atom stereocenters. The number of hydrogen-bond acceptors (Lipinski definition) is 3. The molecule has 0 N–H and O–H groups in total. The second kappa shape index (κ2) is 6.89. The van der Waals surface area contributed by atoms with E-state index in [4.69, 9.17) is 0 Å². The van der Waals surface area contributed by atoms with Crippen molar-refractivity contribution in [2.75, 3.05) is 11.5 Å². The molecule has 1 heterocycles. The van der Waals surface area contributed by atoms with Crippen molar-refractivity contribution < 1.29 is 18.3 Å². The fraction of sp³-hybridized carbons (Fsp3) is 0.500. The maximum atomic E-state index is 12.1. The van der Waals surface area contributed by atoms with Gasteiger partial charge in [-0.25, -0.2) is 0 Å².